The van der Waals surface area contributed by atoms with Gasteiger partial charge in [0.15, 0.2) is 4.38 Å². The molecule has 0 saturated heterocycles. The van der Waals surface area contributed by atoms with E-state index in [1.54, 1.807) is 18.1 Å². The summed E-state index contributed by atoms with van der Waals surface area (Å²) in [6, 6.07) is 4.95. The molecular weight excluding hydrogens is 371 g/mol. The number of hydrogen-bond acceptors (Lipinski definition) is 7. The van der Waals surface area contributed by atoms with Gasteiger partial charge in [-0.05, 0) is 41.7 Å². The molecule has 0 radical (unpaired) electrons. The highest BCUT2D eigenvalue weighted by Crippen LogP contribution is 2.34. The molecule has 0 bridgehead atoms. The Hall–Kier alpha value is -2.25. The molecule has 0 saturated carbocycles. The van der Waals surface area contributed by atoms with E-state index in [2.05, 4.69) is 5.10 Å². The third-order valence-electron chi connectivity index (χ3n) is 3.19. The monoisotopic (exact) mass is 385 g/mol. The van der Waals surface area contributed by atoms with Crippen molar-refractivity contribution >= 4 is 27.9 Å². The fourth-order valence-corrected chi connectivity index (χ4v) is 4.01. The van der Waals surface area contributed by atoms with Crippen LogP contribution in [0.5, 0.6) is 0 Å². The summed E-state index contributed by atoms with van der Waals surface area (Å²) in [6.45, 7) is 0. The first-order chi connectivity index (χ1) is 11.8. The number of hydrogen-bond donors (Lipinski definition) is 2. The molecule has 10 heteroatoms. The number of allylic oxidation sites excluding steroid dienone is 1. The molecule has 0 aromatic heterocycles. The van der Waals surface area contributed by atoms with Crippen LogP contribution in [0.15, 0.2) is 46.3 Å². The Bertz CT molecular complexity index is 793. The van der Waals surface area contributed by atoms with Gasteiger partial charge in [-0.2, -0.15) is 23.5 Å². The lowest BCUT2D eigenvalue weighted by atomic mass is 10.1. The molecule has 5 nitrogen and oxygen atoms in total. The fraction of sp³-hybridized carbons (Fsp3) is 0.200. The first-order valence-corrected chi connectivity index (χ1v) is 8.67. The van der Waals surface area contributed by atoms with Gasteiger partial charge in [-0.3, -0.25) is 5.01 Å². The second-order valence-electron chi connectivity index (χ2n) is 4.87. The van der Waals surface area contributed by atoms with Crippen LogP contribution in [-0.4, -0.2) is 16.4 Å². The van der Waals surface area contributed by atoms with Crippen LogP contribution in [0.4, 0.5) is 13.2 Å². The number of nitrogens with zero attached hydrogens (tertiary/aromatic N) is 3. The minimum atomic E-state index is -4.48. The minimum Gasteiger partial charge on any atom is -0.405 e. The summed E-state index contributed by atoms with van der Waals surface area (Å²) < 4.78 is 38.8. The van der Waals surface area contributed by atoms with Gasteiger partial charge in [-0.25, -0.2) is 0 Å². The summed E-state index contributed by atoms with van der Waals surface area (Å²) >= 11 is 2.53. The lowest BCUT2D eigenvalue weighted by molar-refractivity contribution is -0.137. The van der Waals surface area contributed by atoms with Crippen LogP contribution in [-0.2, 0) is 11.9 Å². The van der Waals surface area contributed by atoms with Gasteiger partial charge in [0.05, 0.1) is 27.9 Å². The number of nitriles is 1. The molecule has 4 N–H and O–H groups in total. The molecule has 25 heavy (non-hydrogen) atoms. The van der Waals surface area contributed by atoms with E-state index in [1.807, 2.05) is 6.07 Å². The lowest BCUT2D eigenvalue weighted by Crippen LogP contribution is -2.20. The van der Waals surface area contributed by atoms with Crippen molar-refractivity contribution in [2.24, 2.45) is 16.6 Å². The van der Waals surface area contributed by atoms with Gasteiger partial charge in [0, 0.05) is 12.8 Å². The highest BCUT2D eigenvalue weighted by Gasteiger charge is 2.31. The summed E-state index contributed by atoms with van der Waals surface area (Å²) in [5.41, 5.74) is 11.6. The van der Waals surface area contributed by atoms with Gasteiger partial charge in [-0.15, -0.1) is 0 Å². The average molecular weight is 385 g/mol. The van der Waals surface area contributed by atoms with E-state index < -0.39 is 11.7 Å². The Morgan fingerprint density at radius 2 is 2.16 bits per heavy atom. The van der Waals surface area contributed by atoms with Crippen molar-refractivity contribution in [2.45, 2.75) is 11.9 Å². The summed E-state index contributed by atoms with van der Waals surface area (Å²) in [4.78, 5) is 0. The van der Waals surface area contributed by atoms with Crippen LogP contribution in [0.2, 0.25) is 0 Å². The summed E-state index contributed by atoms with van der Waals surface area (Å²) in [5, 5.41) is 15.5. The van der Waals surface area contributed by atoms with Gasteiger partial charge in [-0.1, -0.05) is 17.8 Å². The second kappa shape index (κ2) is 7.76. The van der Waals surface area contributed by atoms with E-state index in [0.717, 1.165) is 12.1 Å². The predicted molar refractivity (Wildman–Crippen MR) is 94.8 cm³/mol. The lowest BCUT2D eigenvalue weighted by Gasteiger charge is -2.23. The molecule has 1 aromatic rings. The van der Waals surface area contributed by atoms with Crippen molar-refractivity contribution in [2.75, 3.05) is 7.05 Å². The zero-order chi connectivity index (χ0) is 18.6. The van der Waals surface area contributed by atoms with Crippen molar-refractivity contribution in [3.63, 3.8) is 0 Å². The second-order valence-corrected chi connectivity index (χ2v) is 7.12. The Morgan fingerprint density at radius 3 is 2.72 bits per heavy atom. The van der Waals surface area contributed by atoms with Crippen molar-refractivity contribution in [3.8, 4) is 6.07 Å². The van der Waals surface area contributed by atoms with Gasteiger partial charge >= 0.3 is 6.18 Å². The minimum absolute atomic E-state index is 0.00708. The predicted octanol–water partition coefficient (Wildman–Crippen LogP) is 3.36. The Labute approximate surface area is 151 Å². The van der Waals surface area contributed by atoms with E-state index >= 15 is 0 Å². The standard InChI is InChI=1S/C15H14F3N5S2/c1-23-12(4-5-19)13(21)25-14(22-23)24-8-9-2-3-11(15(16,17)18)6-10(9)7-20/h2-6H,8,19,21H2,1H3/b5-4-. The topological polar surface area (TPSA) is 91.4 Å². The molecule has 0 aliphatic carbocycles. The number of likely N-dealkylation sites (N-methyl/N-ethyl adjacent to an activating group) is 1. The molecule has 0 atom stereocenters. The van der Waals surface area contributed by atoms with Crippen LogP contribution in [0.1, 0.15) is 16.7 Å². The summed E-state index contributed by atoms with van der Waals surface area (Å²) in [6.07, 6.45) is -1.50. The molecule has 1 aromatic carbocycles. The number of nitrogens with two attached hydrogens (primary N) is 2. The number of rotatable bonds is 3. The molecule has 132 valence electrons. The third-order valence-corrected chi connectivity index (χ3v) is 5.27. The van der Waals surface area contributed by atoms with Crippen LogP contribution in [0.3, 0.4) is 0 Å². The molecule has 1 aliphatic rings. The Kier molecular flexibility index (Phi) is 5.92. The third kappa shape index (κ3) is 4.64. The maximum absolute atomic E-state index is 12.7. The van der Waals surface area contributed by atoms with Crippen molar-refractivity contribution < 1.29 is 13.2 Å². The van der Waals surface area contributed by atoms with Gasteiger partial charge in [0.2, 0.25) is 0 Å². The molecule has 0 spiro atoms. The van der Waals surface area contributed by atoms with Crippen molar-refractivity contribution in [1.82, 2.24) is 5.01 Å². The number of benzene rings is 1. The molecule has 0 amide bonds. The maximum atomic E-state index is 12.7. The fourth-order valence-electron chi connectivity index (χ4n) is 1.96. The summed E-state index contributed by atoms with van der Waals surface area (Å²) in [5.74, 6) is 0.302. The first kappa shape index (κ1) is 19.1. The zero-order valence-corrected chi connectivity index (χ0v) is 14.7. The molecule has 2 rings (SSSR count). The highest BCUT2D eigenvalue weighted by molar-refractivity contribution is 8.40. The molecule has 1 aliphatic heterocycles. The van der Waals surface area contributed by atoms with Crippen LogP contribution in [0, 0.1) is 11.3 Å². The highest BCUT2D eigenvalue weighted by atomic mass is 32.2. The van der Waals surface area contributed by atoms with Gasteiger partial charge in [0.25, 0.3) is 0 Å². The van der Waals surface area contributed by atoms with Crippen molar-refractivity contribution in [3.05, 3.63) is 57.9 Å². The number of halogens is 3. The number of hydrazone groups is 1. The largest absolute Gasteiger partial charge is 0.416 e. The van der Waals surface area contributed by atoms with E-state index in [9.17, 15) is 13.2 Å². The molecule has 1 heterocycles. The zero-order valence-electron chi connectivity index (χ0n) is 13.0. The van der Waals surface area contributed by atoms with E-state index in [-0.39, 0.29) is 5.56 Å². The summed E-state index contributed by atoms with van der Waals surface area (Å²) in [7, 11) is 1.71. The van der Waals surface area contributed by atoms with Gasteiger partial charge in [0.1, 0.15) is 0 Å². The SMILES string of the molecule is CN1N=C(SCc2ccc(C(F)(F)F)cc2C#N)SC(N)=C1/C=C\N. The average Bonchev–Trinajstić information content (AvgIpc) is 2.55. The smallest absolute Gasteiger partial charge is 0.405 e. The molecule has 0 fully saturated rings. The van der Waals surface area contributed by atoms with E-state index in [0.29, 0.717) is 26.4 Å². The Morgan fingerprint density at radius 1 is 1.44 bits per heavy atom. The number of thioether (sulfide) groups is 2. The normalized spacial score (nSPS) is 15.5. The van der Waals surface area contributed by atoms with Crippen molar-refractivity contribution in [1.29, 1.82) is 5.26 Å². The quantitative estimate of drug-likeness (QED) is 0.829. The van der Waals surface area contributed by atoms with E-state index in [1.165, 1.54) is 35.8 Å². The number of alkyl halides is 3. The molecule has 0 unspecified atom stereocenters. The van der Waals surface area contributed by atoms with E-state index in [4.69, 9.17) is 16.7 Å². The van der Waals surface area contributed by atoms with Crippen LogP contribution in [0.25, 0.3) is 0 Å². The van der Waals surface area contributed by atoms with Crippen LogP contribution >= 0.6 is 23.5 Å². The van der Waals surface area contributed by atoms with Gasteiger partial charge < -0.3 is 11.5 Å². The van der Waals surface area contributed by atoms with Crippen LogP contribution < -0.4 is 11.5 Å². The Balaban J connectivity index is 2.13. The molecular formula is C15H14F3N5S2. The maximum Gasteiger partial charge on any atom is 0.416 e. The first-order valence-electron chi connectivity index (χ1n) is 6.87.